The second kappa shape index (κ2) is 13.3. The third-order valence-electron chi connectivity index (χ3n) is 6.77. The van der Waals surface area contributed by atoms with Crippen molar-refractivity contribution in [1.82, 2.24) is 15.1 Å². The Morgan fingerprint density at radius 3 is 2.05 bits per heavy atom. The molecule has 44 heavy (non-hydrogen) atoms. The van der Waals surface area contributed by atoms with Crippen LogP contribution in [-0.2, 0) is 41.7 Å². The molecule has 13 heteroatoms. The number of rotatable bonds is 6. The van der Waals surface area contributed by atoms with Crippen molar-refractivity contribution in [2.75, 3.05) is 13.7 Å². The Balaban J connectivity index is 1.58. The van der Waals surface area contributed by atoms with Crippen LogP contribution < -0.4 is 5.32 Å². The first-order valence-corrected chi connectivity index (χ1v) is 14.1. The summed E-state index contributed by atoms with van der Waals surface area (Å²) >= 11 is 0. The van der Waals surface area contributed by atoms with Gasteiger partial charge in [-0.1, -0.05) is 60.7 Å². The van der Waals surface area contributed by atoms with Gasteiger partial charge in [-0.25, -0.2) is 29.1 Å². The molecule has 0 aliphatic carbocycles. The summed E-state index contributed by atoms with van der Waals surface area (Å²) in [6.45, 7) is 8.14. The smallest absolute Gasteiger partial charge is 0.417 e. The number of ether oxygens (including phenoxy) is 5. The first-order valence-electron chi connectivity index (χ1n) is 14.1. The fourth-order valence-electron chi connectivity index (χ4n) is 4.86. The number of hydrogen-bond acceptors (Lipinski definition) is 10. The molecule has 2 aromatic rings. The topological polar surface area (TPSA) is 145 Å². The van der Waals surface area contributed by atoms with Gasteiger partial charge < -0.3 is 23.7 Å². The standard InChI is InChI=1S/C31H38N4O9/c1-30(2,3)44-29(39)35-23(25(36)40-6)24(43-31(35,4)5)22-17-34(28(38)42-19-21-15-11-8-12-16-21)26(32-22)33-27(37)41-18-20-13-9-7-10-14-20/h7-16,22-24H,17-19H2,1-6H3,(H,32,33,37)/t22-,23+,24-/m0/s1. The first-order chi connectivity index (χ1) is 20.8. The molecule has 2 aromatic carbocycles. The van der Waals surface area contributed by atoms with E-state index in [1.165, 1.54) is 12.0 Å². The molecule has 236 valence electrons. The van der Waals surface area contributed by atoms with Gasteiger partial charge in [-0.05, 0) is 45.7 Å². The van der Waals surface area contributed by atoms with Crippen LogP contribution in [0.25, 0.3) is 0 Å². The highest BCUT2D eigenvalue weighted by Gasteiger charge is 2.58. The molecule has 4 rings (SSSR count). The number of aliphatic imine (C=N–C) groups is 1. The fraction of sp³-hybridized carbons (Fsp3) is 0.452. The highest BCUT2D eigenvalue weighted by molar-refractivity contribution is 6.02. The maximum atomic E-state index is 13.3. The molecule has 1 saturated heterocycles. The van der Waals surface area contributed by atoms with Crippen molar-refractivity contribution in [1.29, 1.82) is 0 Å². The second-order valence-electron chi connectivity index (χ2n) is 11.7. The summed E-state index contributed by atoms with van der Waals surface area (Å²) in [6, 6.07) is 15.9. The fourth-order valence-corrected chi connectivity index (χ4v) is 4.86. The third-order valence-corrected chi connectivity index (χ3v) is 6.77. The Morgan fingerprint density at radius 2 is 1.50 bits per heavy atom. The number of methoxy groups -OCH3 is 1. The van der Waals surface area contributed by atoms with Crippen molar-refractivity contribution < 1.29 is 42.9 Å². The number of benzene rings is 2. The molecule has 0 saturated carbocycles. The summed E-state index contributed by atoms with van der Waals surface area (Å²) in [7, 11) is 1.19. The molecule has 0 radical (unpaired) electrons. The van der Waals surface area contributed by atoms with Gasteiger partial charge in [-0.2, -0.15) is 0 Å². The molecule has 2 heterocycles. The average Bonchev–Trinajstić information content (AvgIpc) is 3.52. The SMILES string of the molecule is COC(=O)[C@H]1[C@H]([C@@H]2CN(C(=O)OCc3ccccc3)C(NC(=O)OCc3ccccc3)=N2)OC(C)(C)N1C(=O)OC(C)(C)C. The van der Waals surface area contributed by atoms with Gasteiger partial charge in [0.1, 0.15) is 36.7 Å². The van der Waals surface area contributed by atoms with Crippen molar-refractivity contribution in [2.24, 2.45) is 4.99 Å². The quantitative estimate of drug-likeness (QED) is 0.376. The lowest BCUT2D eigenvalue weighted by Crippen LogP contribution is -2.54. The zero-order valence-electron chi connectivity index (χ0n) is 25.6. The van der Waals surface area contributed by atoms with Crippen LogP contribution in [0.4, 0.5) is 14.4 Å². The van der Waals surface area contributed by atoms with E-state index in [1.807, 2.05) is 36.4 Å². The summed E-state index contributed by atoms with van der Waals surface area (Å²) in [5.74, 6) is -0.921. The van der Waals surface area contributed by atoms with Gasteiger partial charge in [0, 0.05) is 0 Å². The second-order valence-corrected chi connectivity index (χ2v) is 11.7. The largest absolute Gasteiger partial charge is 0.467 e. The lowest BCUT2D eigenvalue weighted by molar-refractivity contribution is -0.147. The Kier molecular flexibility index (Phi) is 9.78. The van der Waals surface area contributed by atoms with Gasteiger partial charge in [-0.15, -0.1) is 0 Å². The monoisotopic (exact) mass is 610 g/mol. The summed E-state index contributed by atoms with van der Waals surface area (Å²) in [4.78, 5) is 59.3. The molecule has 3 atom stereocenters. The van der Waals surface area contributed by atoms with Gasteiger partial charge in [0.2, 0.25) is 5.96 Å². The van der Waals surface area contributed by atoms with Crippen LogP contribution in [0.1, 0.15) is 45.7 Å². The van der Waals surface area contributed by atoms with Crippen LogP contribution in [-0.4, -0.2) is 83.2 Å². The Morgan fingerprint density at radius 1 is 0.932 bits per heavy atom. The molecule has 0 bridgehead atoms. The summed E-state index contributed by atoms with van der Waals surface area (Å²) in [6.07, 6.45) is -3.52. The van der Waals surface area contributed by atoms with Gasteiger partial charge in [0.25, 0.3) is 0 Å². The number of carbonyl (C=O) groups excluding carboxylic acids is 4. The molecule has 1 fully saturated rings. The lowest BCUT2D eigenvalue weighted by atomic mass is 10.0. The van der Waals surface area contributed by atoms with E-state index in [2.05, 4.69) is 10.3 Å². The molecule has 1 N–H and O–H groups in total. The van der Waals surface area contributed by atoms with Crippen LogP contribution in [0.15, 0.2) is 65.7 Å². The number of hydrogen-bond donors (Lipinski definition) is 1. The van der Waals surface area contributed by atoms with Crippen LogP contribution in [0.2, 0.25) is 0 Å². The number of carbonyl (C=O) groups is 4. The summed E-state index contributed by atoms with van der Waals surface area (Å²) < 4.78 is 27.7. The van der Waals surface area contributed by atoms with E-state index in [0.717, 1.165) is 16.0 Å². The van der Waals surface area contributed by atoms with Crippen molar-refractivity contribution in [3.8, 4) is 0 Å². The van der Waals surface area contributed by atoms with Gasteiger partial charge in [0.05, 0.1) is 13.7 Å². The Hall–Kier alpha value is -4.65. The first kappa shape index (κ1) is 32.3. The zero-order chi connectivity index (χ0) is 32.1. The van der Waals surface area contributed by atoms with E-state index in [1.54, 1.807) is 58.9 Å². The Bertz CT molecular complexity index is 1380. The number of guanidine groups is 1. The molecule has 2 aliphatic heterocycles. The minimum absolute atomic E-state index is 0.0168. The lowest BCUT2D eigenvalue weighted by Gasteiger charge is -2.34. The minimum Gasteiger partial charge on any atom is -0.467 e. The van der Waals surface area contributed by atoms with Crippen molar-refractivity contribution in [3.05, 3.63) is 71.8 Å². The van der Waals surface area contributed by atoms with Crippen molar-refractivity contribution >= 4 is 30.2 Å². The molecule has 0 spiro atoms. The maximum Gasteiger partial charge on any atom is 0.417 e. The zero-order valence-corrected chi connectivity index (χ0v) is 25.6. The van der Waals surface area contributed by atoms with E-state index in [0.29, 0.717) is 0 Å². The number of amides is 3. The summed E-state index contributed by atoms with van der Waals surface area (Å²) in [5.41, 5.74) is -0.652. The number of alkyl carbamates (subject to hydrolysis) is 1. The molecule has 3 amide bonds. The summed E-state index contributed by atoms with van der Waals surface area (Å²) in [5, 5.41) is 2.51. The van der Waals surface area contributed by atoms with Crippen molar-refractivity contribution in [2.45, 2.75) is 77.3 Å². The van der Waals surface area contributed by atoms with Crippen LogP contribution in [0, 0.1) is 0 Å². The van der Waals surface area contributed by atoms with E-state index in [9.17, 15) is 19.2 Å². The van der Waals surface area contributed by atoms with Gasteiger partial charge in [0.15, 0.2) is 6.04 Å². The maximum absolute atomic E-state index is 13.3. The molecule has 2 aliphatic rings. The average molecular weight is 611 g/mol. The highest BCUT2D eigenvalue weighted by Crippen LogP contribution is 2.37. The molecular weight excluding hydrogens is 572 g/mol. The van der Waals surface area contributed by atoms with E-state index >= 15 is 0 Å². The molecule has 13 nitrogen and oxygen atoms in total. The highest BCUT2D eigenvalue weighted by atomic mass is 16.6. The van der Waals surface area contributed by atoms with E-state index < -0.39 is 53.8 Å². The van der Waals surface area contributed by atoms with Gasteiger partial charge in [-0.3, -0.25) is 10.2 Å². The van der Waals surface area contributed by atoms with Crippen molar-refractivity contribution in [3.63, 3.8) is 0 Å². The molecular formula is C31H38N4O9. The van der Waals surface area contributed by atoms with Gasteiger partial charge >= 0.3 is 24.2 Å². The van der Waals surface area contributed by atoms with E-state index in [-0.39, 0.29) is 25.7 Å². The number of nitrogens with zero attached hydrogens (tertiary/aromatic N) is 3. The predicted molar refractivity (Wildman–Crippen MR) is 157 cm³/mol. The van der Waals surface area contributed by atoms with Crippen LogP contribution in [0.3, 0.4) is 0 Å². The number of nitrogens with one attached hydrogen (secondary N) is 1. The molecule has 0 aromatic heterocycles. The van der Waals surface area contributed by atoms with Crippen LogP contribution >= 0.6 is 0 Å². The normalized spacial score (nSPS) is 20.9. The number of esters is 1. The minimum atomic E-state index is -1.31. The Labute approximate surface area is 256 Å². The van der Waals surface area contributed by atoms with E-state index in [4.69, 9.17) is 23.7 Å². The molecule has 0 unspecified atom stereocenters. The van der Waals surface area contributed by atoms with Crippen LogP contribution in [0.5, 0.6) is 0 Å². The third kappa shape index (κ3) is 7.84. The predicted octanol–water partition coefficient (Wildman–Crippen LogP) is 4.20.